The van der Waals surface area contributed by atoms with Crippen LogP contribution in [0, 0.1) is 12.8 Å². The first-order chi connectivity index (χ1) is 14.6. The minimum atomic E-state index is -0.101. The highest BCUT2D eigenvalue weighted by atomic mass is 16.5. The molecular weight excluding hydrogens is 378 g/mol. The van der Waals surface area contributed by atoms with Gasteiger partial charge in [0.2, 0.25) is 5.91 Å². The number of ether oxygens (including phenoxy) is 2. The lowest BCUT2D eigenvalue weighted by Gasteiger charge is -2.49. The van der Waals surface area contributed by atoms with E-state index in [4.69, 9.17) is 9.47 Å². The van der Waals surface area contributed by atoms with E-state index in [1.807, 2.05) is 6.07 Å². The second kappa shape index (κ2) is 8.96. The Bertz CT molecular complexity index is 884. The molecule has 0 radical (unpaired) electrons. The molecule has 2 aliphatic heterocycles. The van der Waals surface area contributed by atoms with Gasteiger partial charge in [-0.05, 0) is 37.1 Å². The van der Waals surface area contributed by atoms with Crippen molar-refractivity contribution in [3.63, 3.8) is 0 Å². The smallest absolute Gasteiger partial charge is 0.225 e. The van der Waals surface area contributed by atoms with Crippen molar-refractivity contribution in [3.05, 3.63) is 53.6 Å². The zero-order valence-corrected chi connectivity index (χ0v) is 18.1. The van der Waals surface area contributed by atoms with Crippen LogP contribution in [0.1, 0.15) is 11.1 Å². The first-order valence-corrected chi connectivity index (χ1v) is 10.6. The van der Waals surface area contributed by atoms with Crippen molar-refractivity contribution in [1.82, 2.24) is 5.32 Å². The fourth-order valence-electron chi connectivity index (χ4n) is 4.60. The third kappa shape index (κ3) is 4.10. The van der Waals surface area contributed by atoms with E-state index in [0.717, 1.165) is 31.8 Å². The second-order valence-electron chi connectivity index (χ2n) is 8.13. The monoisotopic (exact) mass is 409 g/mol. The van der Waals surface area contributed by atoms with Crippen molar-refractivity contribution >= 4 is 17.3 Å². The fourth-order valence-corrected chi connectivity index (χ4v) is 4.60. The normalized spacial score (nSPS) is 20.4. The zero-order valence-electron chi connectivity index (χ0n) is 18.1. The molecule has 2 atom stereocenters. The molecule has 2 aromatic rings. The van der Waals surface area contributed by atoms with Crippen molar-refractivity contribution in [2.45, 2.75) is 19.4 Å². The Morgan fingerprint density at radius 1 is 1.13 bits per heavy atom. The Morgan fingerprint density at radius 3 is 2.67 bits per heavy atom. The van der Waals surface area contributed by atoms with E-state index in [1.165, 1.54) is 22.5 Å². The summed E-state index contributed by atoms with van der Waals surface area (Å²) in [4.78, 5) is 17.9. The van der Waals surface area contributed by atoms with Gasteiger partial charge in [0.05, 0.1) is 25.7 Å². The van der Waals surface area contributed by atoms with E-state index >= 15 is 0 Å². The summed E-state index contributed by atoms with van der Waals surface area (Å²) in [5.41, 5.74) is 4.88. The highest BCUT2D eigenvalue weighted by Gasteiger charge is 2.41. The summed E-state index contributed by atoms with van der Waals surface area (Å²) >= 11 is 0. The topological polar surface area (TPSA) is 54.0 Å². The number of hydrogen-bond donors (Lipinski definition) is 1. The lowest BCUT2D eigenvalue weighted by Crippen LogP contribution is -2.61. The summed E-state index contributed by atoms with van der Waals surface area (Å²) in [6, 6.07) is 15.0. The lowest BCUT2D eigenvalue weighted by molar-refractivity contribution is -0.126. The molecule has 1 fully saturated rings. The minimum Gasteiger partial charge on any atom is -0.497 e. The third-order valence-electron chi connectivity index (χ3n) is 6.27. The van der Waals surface area contributed by atoms with E-state index < -0.39 is 0 Å². The average molecular weight is 410 g/mol. The number of nitrogens with zero attached hydrogens (tertiary/aromatic N) is 2. The quantitative estimate of drug-likeness (QED) is 0.744. The number of nitrogens with one attached hydrogen (secondary N) is 1. The van der Waals surface area contributed by atoms with Crippen LogP contribution in [-0.4, -0.2) is 59.0 Å². The lowest BCUT2D eigenvalue weighted by atomic mass is 9.83. The number of carbonyl (C=O) groups excluding carboxylic acids is 1. The number of anilines is 2. The Balaban J connectivity index is 1.62. The maximum atomic E-state index is 13.1. The maximum Gasteiger partial charge on any atom is 0.225 e. The maximum absolute atomic E-state index is 13.1. The van der Waals surface area contributed by atoms with Gasteiger partial charge >= 0.3 is 0 Å². The Morgan fingerprint density at radius 2 is 1.93 bits per heavy atom. The third-order valence-corrected chi connectivity index (χ3v) is 6.27. The zero-order chi connectivity index (χ0) is 21.1. The number of piperazine rings is 1. The van der Waals surface area contributed by atoms with Gasteiger partial charge in [0.1, 0.15) is 5.75 Å². The van der Waals surface area contributed by atoms with E-state index in [1.54, 1.807) is 14.2 Å². The highest BCUT2D eigenvalue weighted by molar-refractivity contribution is 5.82. The number of benzene rings is 2. The summed E-state index contributed by atoms with van der Waals surface area (Å²) in [6.07, 6.45) is 0.737. The average Bonchev–Trinajstić information content (AvgIpc) is 2.78. The number of hydrogen-bond acceptors (Lipinski definition) is 5. The first kappa shape index (κ1) is 20.5. The van der Waals surface area contributed by atoms with Gasteiger partial charge in [0, 0.05) is 50.7 Å². The second-order valence-corrected chi connectivity index (χ2v) is 8.13. The summed E-state index contributed by atoms with van der Waals surface area (Å²) in [6.45, 7) is 5.79. The molecule has 2 heterocycles. The van der Waals surface area contributed by atoms with Crippen LogP contribution < -0.4 is 19.9 Å². The highest BCUT2D eigenvalue weighted by Crippen LogP contribution is 2.38. The van der Waals surface area contributed by atoms with Gasteiger partial charge in [-0.15, -0.1) is 0 Å². The Hall–Kier alpha value is -2.73. The number of methoxy groups -OCH3 is 2. The van der Waals surface area contributed by atoms with Crippen molar-refractivity contribution in [2.24, 2.45) is 5.92 Å². The minimum absolute atomic E-state index is 0.101. The van der Waals surface area contributed by atoms with Crippen LogP contribution in [0.5, 0.6) is 5.75 Å². The van der Waals surface area contributed by atoms with Crippen molar-refractivity contribution in [3.8, 4) is 5.75 Å². The molecule has 2 aromatic carbocycles. The van der Waals surface area contributed by atoms with Gasteiger partial charge < -0.3 is 24.6 Å². The van der Waals surface area contributed by atoms with Crippen molar-refractivity contribution in [2.75, 3.05) is 56.8 Å². The van der Waals surface area contributed by atoms with Crippen molar-refractivity contribution in [1.29, 1.82) is 0 Å². The number of carbonyl (C=O) groups is 1. The van der Waals surface area contributed by atoms with Crippen LogP contribution in [0.2, 0.25) is 0 Å². The van der Waals surface area contributed by atoms with Gasteiger partial charge in [-0.2, -0.15) is 0 Å². The number of amides is 1. The first-order valence-electron chi connectivity index (χ1n) is 10.6. The summed E-state index contributed by atoms with van der Waals surface area (Å²) in [5, 5.41) is 3.07. The molecule has 0 saturated carbocycles. The molecule has 4 rings (SSSR count). The molecule has 1 amide bonds. The van der Waals surface area contributed by atoms with Gasteiger partial charge in [-0.1, -0.05) is 23.8 Å². The van der Waals surface area contributed by atoms with Crippen LogP contribution >= 0.6 is 0 Å². The molecule has 2 aliphatic rings. The molecule has 0 aromatic heterocycles. The molecule has 0 unspecified atom stereocenters. The van der Waals surface area contributed by atoms with Crippen LogP contribution in [0.25, 0.3) is 0 Å². The van der Waals surface area contributed by atoms with Crippen LogP contribution in [0.15, 0.2) is 42.5 Å². The van der Waals surface area contributed by atoms with Gasteiger partial charge in [-0.25, -0.2) is 0 Å². The molecule has 6 nitrogen and oxygen atoms in total. The van der Waals surface area contributed by atoms with Gasteiger partial charge in [-0.3, -0.25) is 4.79 Å². The number of rotatable bonds is 6. The van der Waals surface area contributed by atoms with Crippen molar-refractivity contribution < 1.29 is 14.3 Å². The largest absolute Gasteiger partial charge is 0.497 e. The molecular formula is C24H31N3O3. The summed E-state index contributed by atoms with van der Waals surface area (Å²) in [5.74, 6) is 0.863. The molecule has 160 valence electrons. The van der Waals surface area contributed by atoms with Crippen LogP contribution in [-0.2, 0) is 16.0 Å². The van der Waals surface area contributed by atoms with E-state index in [-0.39, 0.29) is 17.9 Å². The standard InChI is InChI=1S/C24H31N3O3/c1-17-4-7-19(8-5-17)26-11-12-27-22-15-20(30-3)9-6-18(22)14-21(23(27)16-26)24(28)25-10-13-29-2/h4-9,15,21,23H,10-14,16H2,1-3H3,(H,25,28)/t21-,23-/m1/s1. The molecule has 1 saturated heterocycles. The van der Waals surface area contributed by atoms with Gasteiger partial charge in [0.25, 0.3) is 0 Å². The predicted octanol–water partition coefficient (Wildman–Crippen LogP) is 2.63. The molecule has 30 heavy (non-hydrogen) atoms. The van der Waals surface area contributed by atoms with E-state index in [2.05, 4.69) is 58.4 Å². The Kier molecular flexibility index (Phi) is 6.13. The molecule has 1 N–H and O–H groups in total. The van der Waals surface area contributed by atoms with Crippen LogP contribution in [0.4, 0.5) is 11.4 Å². The summed E-state index contributed by atoms with van der Waals surface area (Å²) < 4.78 is 10.6. The Labute approximate surface area is 178 Å². The SMILES string of the molecule is COCCNC(=O)[C@@H]1Cc2ccc(OC)cc2N2CCN(c3ccc(C)cc3)C[C@H]12. The number of aryl methyl sites for hydroxylation is 1. The predicted molar refractivity (Wildman–Crippen MR) is 120 cm³/mol. The fraction of sp³-hybridized carbons (Fsp3) is 0.458. The molecule has 0 aliphatic carbocycles. The van der Waals surface area contributed by atoms with Crippen LogP contribution in [0.3, 0.4) is 0 Å². The molecule has 0 bridgehead atoms. The molecule has 0 spiro atoms. The molecule has 6 heteroatoms. The van der Waals surface area contributed by atoms with E-state index in [9.17, 15) is 4.79 Å². The summed E-state index contributed by atoms with van der Waals surface area (Å²) in [7, 11) is 3.35. The number of fused-ring (bicyclic) bond motifs is 3. The van der Waals surface area contributed by atoms with E-state index in [0.29, 0.717) is 13.2 Å². The van der Waals surface area contributed by atoms with Gasteiger partial charge in [0.15, 0.2) is 0 Å².